The number of piperidine rings is 1. The van der Waals surface area contributed by atoms with E-state index in [1.165, 1.54) is 18.4 Å². The predicted molar refractivity (Wildman–Crippen MR) is 148 cm³/mol. The second-order valence-corrected chi connectivity index (χ2v) is 13.7. The Kier molecular flexibility index (Phi) is 8.97. The topological polar surface area (TPSA) is 93.2 Å². The normalized spacial score (nSPS) is 18.4. The number of hydroxylamine groups is 1. The van der Waals surface area contributed by atoms with E-state index < -0.39 is 43.9 Å². The van der Waals surface area contributed by atoms with E-state index in [0.29, 0.717) is 30.6 Å². The quantitative estimate of drug-likeness (QED) is 0.246. The molecule has 0 N–H and O–H groups in total. The Morgan fingerprint density at radius 3 is 2.23 bits per heavy atom. The van der Waals surface area contributed by atoms with E-state index in [-0.39, 0.29) is 24.2 Å². The molecule has 2 aliphatic carbocycles. The highest BCUT2D eigenvalue weighted by atomic mass is 35.5. The summed E-state index contributed by atoms with van der Waals surface area (Å²) in [6.07, 6.45) is 0.291. The predicted octanol–water partition coefficient (Wildman–Crippen LogP) is 5.95. The van der Waals surface area contributed by atoms with Crippen LogP contribution >= 0.6 is 11.6 Å². The Labute approximate surface area is 251 Å². The molecule has 0 unspecified atom stereocenters. The number of ether oxygens (including phenoxy) is 1. The zero-order valence-electron chi connectivity index (χ0n) is 23.3. The molecule has 8 nitrogen and oxygen atoms in total. The van der Waals surface area contributed by atoms with Crippen LogP contribution < -0.4 is 4.74 Å². The van der Waals surface area contributed by atoms with Crippen LogP contribution in [0, 0.1) is 11.7 Å². The van der Waals surface area contributed by atoms with Gasteiger partial charge in [-0.15, -0.1) is 0 Å². The first-order valence-electron chi connectivity index (χ1n) is 14.0. The molecule has 1 saturated heterocycles. The van der Waals surface area contributed by atoms with Gasteiger partial charge in [-0.1, -0.05) is 28.2 Å². The molecule has 1 heterocycles. The molecule has 0 bridgehead atoms. The van der Waals surface area contributed by atoms with Crippen molar-refractivity contribution in [3.05, 3.63) is 63.4 Å². The summed E-state index contributed by atoms with van der Waals surface area (Å²) in [5, 5.41) is 0.782. The van der Waals surface area contributed by atoms with Gasteiger partial charge in [0.1, 0.15) is 11.6 Å². The minimum Gasteiger partial charge on any atom is -0.493 e. The Bertz CT molecular complexity index is 1500. The molecule has 0 aromatic heterocycles. The highest BCUT2D eigenvalue weighted by Crippen LogP contribution is 2.45. The first-order chi connectivity index (χ1) is 20.2. The number of halogens is 5. The van der Waals surface area contributed by atoms with Crippen LogP contribution in [-0.2, 0) is 26.2 Å². The van der Waals surface area contributed by atoms with Crippen LogP contribution in [-0.4, -0.2) is 61.8 Å². The number of carbonyl (C=O) groups is 2. The molecule has 1 amide bonds. The second kappa shape index (κ2) is 12.2. The van der Waals surface area contributed by atoms with E-state index in [1.807, 2.05) is 0 Å². The van der Waals surface area contributed by atoms with Crippen molar-refractivity contribution in [3.63, 3.8) is 0 Å². The van der Waals surface area contributed by atoms with Crippen molar-refractivity contribution in [2.45, 2.75) is 63.1 Å². The summed E-state index contributed by atoms with van der Waals surface area (Å²) in [4.78, 5) is 30.2. The van der Waals surface area contributed by atoms with Crippen LogP contribution in [0.25, 0.3) is 0 Å². The van der Waals surface area contributed by atoms with Crippen molar-refractivity contribution < 1.29 is 45.1 Å². The average molecular weight is 647 g/mol. The maximum atomic E-state index is 15.1. The molecule has 0 radical (unpaired) electrons. The molecule has 0 spiro atoms. The zero-order valence-corrected chi connectivity index (χ0v) is 24.9. The molecule has 3 aliphatic rings. The van der Waals surface area contributed by atoms with Gasteiger partial charge < -0.3 is 9.57 Å². The highest BCUT2D eigenvalue weighted by molar-refractivity contribution is 7.88. The smallest absolute Gasteiger partial charge is 0.493 e. The SMILES string of the molecule is CS(=O)(=O)N(OC(=O)C(F)(F)F)C(=O)c1cc(C2CC2)c(OCC2CCN(Cc3ccc(C4CC4)cc3Cl)CC2)cc1F. The van der Waals surface area contributed by atoms with E-state index >= 15 is 4.39 Å². The summed E-state index contributed by atoms with van der Waals surface area (Å²) in [6.45, 7) is 2.68. The molecule has 0 atom stereocenters. The summed E-state index contributed by atoms with van der Waals surface area (Å²) in [5.41, 5.74) is 1.96. The fraction of sp³-hybridized carbons (Fsp3) is 0.517. The standard InChI is InChI=1S/C29H31ClF4N2O6S/c1-43(39,40)36(42-28(38)29(32,33)34)27(37)23-13-22(19-4-5-19)26(14-25(23)31)41-16-17-8-10-35(11-9-17)15-21-7-6-20(12-24(21)30)18-2-3-18/h6-7,12-14,17-19H,2-5,8-11,15-16H2,1H3. The lowest BCUT2D eigenvalue weighted by molar-refractivity contribution is -0.216. The third-order valence-corrected chi connectivity index (χ3v) is 9.11. The number of sulfonamides is 1. The summed E-state index contributed by atoms with van der Waals surface area (Å²) < 4.78 is 82.4. The maximum absolute atomic E-state index is 15.1. The molecule has 1 aliphatic heterocycles. The zero-order chi connectivity index (χ0) is 31.1. The van der Waals surface area contributed by atoms with Crippen LogP contribution in [0.2, 0.25) is 5.02 Å². The third-order valence-electron chi connectivity index (χ3n) is 7.91. The molecule has 5 rings (SSSR count). The first-order valence-corrected chi connectivity index (χ1v) is 16.2. The van der Waals surface area contributed by atoms with Gasteiger partial charge >= 0.3 is 18.1 Å². The van der Waals surface area contributed by atoms with E-state index in [1.54, 1.807) is 0 Å². The van der Waals surface area contributed by atoms with Gasteiger partial charge in [-0.05, 0) is 98.2 Å². The Morgan fingerprint density at radius 2 is 1.67 bits per heavy atom. The Hall–Kier alpha value is -2.90. The largest absolute Gasteiger partial charge is 0.493 e. The number of benzene rings is 2. The third kappa shape index (κ3) is 7.79. The van der Waals surface area contributed by atoms with Gasteiger partial charge in [-0.2, -0.15) is 13.2 Å². The lowest BCUT2D eigenvalue weighted by atomic mass is 9.97. The molecular formula is C29H31ClF4N2O6S. The number of alkyl halides is 3. The second-order valence-electron chi connectivity index (χ2n) is 11.5. The Morgan fingerprint density at radius 1 is 1.02 bits per heavy atom. The Balaban J connectivity index is 1.22. The van der Waals surface area contributed by atoms with E-state index in [4.69, 9.17) is 16.3 Å². The number of amides is 1. The number of carbonyl (C=O) groups excluding carboxylic acids is 2. The van der Waals surface area contributed by atoms with Crippen molar-refractivity contribution in [1.82, 2.24) is 9.37 Å². The van der Waals surface area contributed by atoms with Gasteiger partial charge in [0.25, 0.3) is 10.0 Å². The van der Waals surface area contributed by atoms with Crippen LogP contribution in [0.15, 0.2) is 30.3 Å². The fourth-order valence-corrected chi connectivity index (χ4v) is 6.03. The van der Waals surface area contributed by atoms with Crippen LogP contribution in [0.4, 0.5) is 17.6 Å². The van der Waals surface area contributed by atoms with Gasteiger partial charge in [0.2, 0.25) is 0 Å². The summed E-state index contributed by atoms with van der Waals surface area (Å²) in [5.74, 6) is -5.01. The lowest BCUT2D eigenvalue weighted by Gasteiger charge is -2.32. The van der Waals surface area contributed by atoms with Crippen molar-refractivity contribution >= 4 is 33.5 Å². The van der Waals surface area contributed by atoms with Gasteiger partial charge in [0.15, 0.2) is 0 Å². The number of hydrogen-bond acceptors (Lipinski definition) is 7. The summed E-state index contributed by atoms with van der Waals surface area (Å²) in [7, 11) is -4.84. The average Bonchev–Trinajstić information content (AvgIpc) is 3.84. The molecular weight excluding hydrogens is 616 g/mol. The summed E-state index contributed by atoms with van der Waals surface area (Å²) in [6, 6.07) is 8.31. The molecule has 2 saturated carbocycles. The summed E-state index contributed by atoms with van der Waals surface area (Å²) >= 11 is 6.54. The number of rotatable bonds is 9. The van der Waals surface area contributed by atoms with Crippen LogP contribution in [0.3, 0.4) is 0 Å². The number of likely N-dealkylation sites (tertiary alicyclic amines) is 1. The van der Waals surface area contributed by atoms with Crippen molar-refractivity contribution in [3.8, 4) is 5.75 Å². The van der Waals surface area contributed by atoms with Gasteiger partial charge in [0.05, 0.1) is 18.4 Å². The molecule has 2 aromatic rings. The van der Waals surface area contributed by atoms with Crippen molar-refractivity contribution in [2.24, 2.45) is 5.92 Å². The van der Waals surface area contributed by atoms with Crippen LogP contribution in [0.5, 0.6) is 5.75 Å². The van der Waals surface area contributed by atoms with Gasteiger partial charge in [0, 0.05) is 17.6 Å². The van der Waals surface area contributed by atoms with Crippen molar-refractivity contribution in [1.29, 1.82) is 0 Å². The fourth-order valence-electron chi connectivity index (χ4n) is 5.18. The van der Waals surface area contributed by atoms with Crippen LogP contribution in [0.1, 0.15) is 77.4 Å². The molecule has 2 aromatic carbocycles. The van der Waals surface area contributed by atoms with E-state index in [9.17, 15) is 31.2 Å². The monoisotopic (exact) mass is 646 g/mol. The van der Waals surface area contributed by atoms with E-state index in [0.717, 1.165) is 55.2 Å². The number of nitrogens with zero attached hydrogens (tertiary/aromatic N) is 2. The lowest BCUT2D eigenvalue weighted by Crippen LogP contribution is -2.42. The highest BCUT2D eigenvalue weighted by Gasteiger charge is 2.46. The number of hydrogen-bond donors (Lipinski definition) is 0. The first kappa shape index (κ1) is 31.5. The van der Waals surface area contributed by atoms with E-state index in [2.05, 4.69) is 27.9 Å². The molecule has 3 fully saturated rings. The van der Waals surface area contributed by atoms with Gasteiger partial charge in [-0.3, -0.25) is 9.69 Å². The molecule has 43 heavy (non-hydrogen) atoms. The minimum absolute atomic E-state index is 0.0931. The minimum atomic E-state index is -5.58. The maximum Gasteiger partial charge on any atom is 0.493 e. The van der Waals surface area contributed by atoms with Crippen molar-refractivity contribution in [2.75, 3.05) is 26.0 Å². The molecule has 234 valence electrons. The molecule has 14 heteroatoms. The van der Waals surface area contributed by atoms with Gasteiger partial charge in [-0.25, -0.2) is 17.6 Å².